The van der Waals surface area contributed by atoms with Crippen LogP contribution in [0, 0.1) is 21.4 Å². The number of benzene rings is 1. The average molecular weight is 222 g/mol. The highest BCUT2D eigenvalue weighted by Crippen LogP contribution is 2.27. The van der Waals surface area contributed by atoms with Crippen molar-refractivity contribution in [1.29, 1.82) is 5.26 Å². The number of rotatable bonds is 4. The molecular formula is C9H6N2O5. The van der Waals surface area contributed by atoms with E-state index in [0.717, 1.165) is 18.2 Å². The van der Waals surface area contributed by atoms with Gasteiger partial charge >= 0.3 is 11.7 Å². The van der Waals surface area contributed by atoms with Crippen molar-refractivity contribution in [2.24, 2.45) is 0 Å². The van der Waals surface area contributed by atoms with Crippen LogP contribution < -0.4 is 4.74 Å². The van der Waals surface area contributed by atoms with Crippen LogP contribution in [-0.4, -0.2) is 22.6 Å². The van der Waals surface area contributed by atoms with Crippen LogP contribution in [0.2, 0.25) is 0 Å². The van der Waals surface area contributed by atoms with Gasteiger partial charge in [0, 0.05) is 12.1 Å². The molecule has 0 aliphatic carbocycles. The molecule has 0 atom stereocenters. The summed E-state index contributed by atoms with van der Waals surface area (Å²) in [6.07, 6.45) is 0. The van der Waals surface area contributed by atoms with Gasteiger partial charge in [-0.25, -0.2) is 4.79 Å². The normalized spacial score (nSPS) is 9.19. The monoisotopic (exact) mass is 222 g/mol. The van der Waals surface area contributed by atoms with Crippen molar-refractivity contribution >= 4 is 11.7 Å². The molecule has 0 radical (unpaired) electrons. The first-order valence-corrected chi connectivity index (χ1v) is 4.07. The van der Waals surface area contributed by atoms with Gasteiger partial charge in [-0.1, -0.05) is 0 Å². The lowest BCUT2D eigenvalue weighted by Crippen LogP contribution is -2.02. The molecule has 1 rings (SSSR count). The first kappa shape index (κ1) is 11.5. The molecule has 1 N–H and O–H groups in total. The highest BCUT2D eigenvalue weighted by atomic mass is 16.6. The molecule has 0 spiro atoms. The lowest BCUT2D eigenvalue weighted by molar-refractivity contribution is -0.385. The summed E-state index contributed by atoms with van der Waals surface area (Å²) >= 11 is 0. The fourth-order valence-electron chi connectivity index (χ4n) is 1.02. The number of nitrogens with zero attached hydrogens (tertiary/aromatic N) is 2. The average Bonchev–Trinajstić information content (AvgIpc) is 2.25. The largest absolute Gasteiger partial charge is 0.478 e. The third-order valence-corrected chi connectivity index (χ3v) is 1.70. The Bertz CT molecular complexity index is 477. The number of nitriles is 1. The minimum absolute atomic E-state index is 0.140. The summed E-state index contributed by atoms with van der Waals surface area (Å²) < 4.78 is 4.77. The van der Waals surface area contributed by atoms with E-state index in [1.807, 2.05) is 0 Å². The van der Waals surface area contributed by atoms with E-state index in [2.05, 4.69) is 0 Å². The van der Waals surface area contributed by atoms with Crippen molar-refractivity contribution in [3.63, 3.8) is 0 Å². The molecule has 16 heavy (non-hydrogen) atoms. The smallest absolute Gasteiger partial charge is 0.335 e. The van der Waals surface area contributed by atoms with Crippen LogP contribution in [0.15, 0.2) is 18.2 Å². The fourth-order valence-corrected chi connectivity index (χ4v) is 1.02. The Morgan fingerprint density at radius 2 is 2.31 bits per heavy atom. The van der Waals surface area contributed by atoms with Crippen molar-refractivity contribution in [2.45, 2.75) is 0 Å². The summed E-state index contributed by atoms with van der Waals surface area (Å²) in [6, 6.07) is 4.77. The number of nitro benzene ring substituents is 1. The molecular weight excluding hydrogens is 216 g/mol. The van der Waals surface area contributed by atoms with Crippen LogP contribution in [0.25, 0.3) is 0 Å². The Kier molecular flexibility index (Phi) is 3.40. The van der Waals surface area contributed by atoms with E-state index in [4.69, 9.17) is 15.1 Å². The molecule has 0 heterocycles. The van der Waals surface area contributed by atoms with Crippen LogP contribution in [0.1, 0.15) is 10.4 Å². The van der Waals surface area contributed by atoms with E-state index in [1.165, 1.54) is 0 Å². The summed E-state index contributed by atoms with van der Waals surface area (Å²) in [5.41, 5.74) is -0.515. The number of carboxylic acids is 1. The zero-order valence-corrected chi connectivity index (χ0v) is 7.91. The maximum atomic E-state index is 10.6. The quantitative estimate of drug-likeness (QED) is 0.604. The lowest BCUT2D eigenvalue weighted by atomic mass is 10.2. The molecule has 0 amide bonds. The third kappa shape index (κ3) is 2.45. The van der Waals surface area contributed by atoms with Gasteiger partial charge in [-0.05, 0) is 6.07 Å². The van der Waals surface area contributed by atoms with Crippen molar-refractivity contribution in [3.8, 4) is 11.8 Å². The molecule has 1 aromatic rings. The van der Waals surface area contributed by atoms with E-state index in [0.29, 0.717) is 0 Å². The second-order valence-electron chi connectivity index (χ2n) is 2.69. The van der Waals surface area contributed by atoms with E-state index < -0.39 is 10.9 Å². The summed E-state index contributed by atoms with van der Waals surface area (Å²) in [4.78, 5) is 20.5. The predicted molar refractivity (Wildman–Crippen MR) is 51.2 cm³/mol. The van der Waals surface area contributed by atoms with Crippen LogP contribution in [0.5, 0.6) is 5.75 Å². The van der Waals surface area contributed by atoms with Crippen LogP contribution in [-0.2, 0) is 0 Å². The number of carbonyl (C=O) groups is 1. The number of carboxylic acid groups (broad SMARTS) is 1. The Hall–Kier alpha value is -2.62. The molecule has 0 bridgehead atoms. The highest BCUT2D eigenvalue weighted by molar-refractivity contribution is 5.88. The van der Waals surface area contributed by atoms with Crippen molar-refractivity contribution < 1.29 is 19.6 Å². The molecule has 7 nitrogen and oxygen atoms in total. The summed E-state index contributed by atoms with van der Waals surface area (Å²) in [5, 5.41) is 27.5. The molecule has 82 valence electrons. The molecule has 0 saturated carbocycles. The van der Waals surface area contributed by atoms with E-state index in [1.54, 1.807) is 6.07 Å². The second-order valence-corrected chi connectivity index (χ2v) is 2.69. The number of hydrogen-bond acceptors (Lipinski definition) is 5. The maximum Gasteiger partial charge on any atom is 0.335 e. The Balaban J connectivity index is 3.16. The van der Waals surface area contributed by atoms with Crippen molar-refractivity contribution in [1.82, 2.24) is 0 Å². The Morgan fingerprint density at radius 1 is 1.62 bits per heavy atom. The lowest BCUT2D eigenvalue weighted by Gasteiger charge is -2.03. The molecule has 0 aromatic heterocycles. The standard InChI is InChI=1S/C9H6N2O5/c10-3-4-16-8-5-6(9(12)13)1-2-7(8)11(14)15/h1-2,5H,4H2,(H,12,13). The van der Waals surface area contributed by atoms with Gasteiger partial charge in [0.05, 0.1) is 10.5 Å². The Labute approximate surface area is 89.6 Å². The van der Waals surface area contributed by atoms with E-state index in [9.17, 15) is 14.9 Å². The van der Waals surface area contributed by atoms with Gasteiger partial charge in [-0.3, -0.25) is 10.1 Å². The molecule has 7 heteroatoms. The van der Waals surface area contributed by atoms with Crippen molar-refractivity contribution in [2.75, 3.05) is 6.61 Å². The molecule has 0 unspecified atom stereocenters. The molecule has 0 fully saturated rings. The number of ether oxygens (including phenoxy) is 1. The van der Waals surface area contributed by atoms with Gasteiger partial charge in [-0.2, -0.15) is 5.26 Å². The van der Waals surface area contributed by atoms with Gasteiger partial charge in [-0.15, -0.1) is 0 Å². The van der Waals surface area contributed by atoms with Gasteiger partial charge in [0.2, 0.25) is 0 Å². The second kappa shape index (κ2) is 4.75. The van der Waals surface area contributed by atoms with Gasteiger partial charge < -0.3 is 9.84 Å². The van der Waals surface area contributed by atoms with Crippen LogP contribution >= 0.6 is 0 Å². The Morgan fingerprint density at radius 3 is 2.81 bits per heavy atom. The van der Waals surface area contributed by atoms with Gasteiger partial charge in [0.1, 0.15) is 6.07 Å². The number of nitro groups is 1. The minimum atomic E-state index is -1.23. The van der Waals surface area contributed by atoms with Gasteiger partial charge in [0.25, 0.3) is 0 Å². The molecule has 0 aliphatic rings. The number of aromatic carboxylic acids is 1. The zero-order chi connectivity index (χ0) is 12.1. The first-order valence-electron chi connectivity index (χ1n) is 4.07. The zero-order valence-electron chi connectivity index (χ0n) is 7.91. The molecule has 0 saturated heterocycles. The van der Waals surface area contributed by atoms with Crippen LogP contribution in [0.4, 0.5) is 5.69 Å². The maximum absolute atomic E-state index is 10.6. The first-order chi connectivity index (χ1) is 7.56. The fraction of sp³-hybridized carbons (Fsp3) is 0.111. The summed E-state index contributed by atoms with van der Waals surface area (Å²) in [6.45, 7) is -0.385. The summed E-state index contributed by atoms with van der Waals surface area (Å²) in [5.74, 6) is -1.46. The van der Waals surface area contributed by atoms with Crippen LogP contribution in [0.3, 0.4) is 0 Å². The highest BCUT2D eigenvalue weighted by Gasteiger charge is 2.17. The molecule has 0 aliphatic heterocycles. The number of hydrogen-bond donors (Lipinski definition) is 1. The predicted octanol–water partition coefficient (Wildman–Crippen LogP) is 1.20. The SMILES string of the molecule is N#CCOc1cc(C(=O)O)ccc1[N+](=O)[O-]. The summed E-state index contributed by atoms with van der Waals surface area (Å²) in [7, 11) is 0. The third-order valence-electron chi connectivity index (χ3n) is 1.70. The van der Waals surface area contributed by atoms with E-state index >= 15 is 0 Å². The van der Waals surface area contributed by atoms with Crippen molar-refractivity contribution in [3.05, 3.63) is 33.9 Å². The van der Waals surface area contributed by atoms with E-state index in [-0.39, 0.29) is 23.6 Å². The van der Waals surface area contributed by atoms with Gasteiger partial charge in [0.15, 0.2) is 12.4 Å². The molecule has 1 aromatic carbocycles. The minimum Gasteiger partial charge on any atom is -0.478 e. The topological polar surface area (TPSA) is 113 Å².